The molecule has 2 aromatic rings. The summed E-state index contributed by atoms with van der Waals surface area (Å²) in [4.78, 5) is 12.0. The summed E-state index contributed by atoms with van der Waals surface area (Å²) in [7, 11) is 0. The summed E-state index contributed by atoms with van der Waals surface area (Å²) >= 11 is 0. The number of carbonyl (C=O) groups excluding carboxylic acids is 1. The summed E-state index contributed by atoms with van der Waals surface area (Å²) in [6.45, 7) is -2.96. The lowest BCUT2D eigenvalue weighted by Gasteiger charge is -2.10. The third kappa shape index (κ3) is 3.82. The smallest absolute Gasteiger partial charge is 0.387 e. The average Bonchev–Trinajstić information content (AvgIpc) is 2.41. The number of aromatic hydroxyl groups is 1. The summed E-state index contributed by atoms with van der Waals surface area (Å²) in [5.74, 6) is -0.679. The highest BCUT2D eigenvalue weighted by atomic mass is 19.3. The predicted molar refractivity (Wildman–Crippen MR) is 73.5 cm³/mol. The number of anilines is 2. The van der Waals surface area contributed by atoms with Gasteiger partial charge in [0.1, 0.15) is 11.5 Å². The number of hydrogen-bond donors (Lipinski definition) is 3. The zero-order valence-electron chi connectivity index (χ0n) is 10.7. The fourth-order valence-electron chi connectivity index (χ4n) is 1.67. The number of nitrogens with two attached hydrogens (primary N) is 1. The lowest BCUT2D eigenvalue weighted by molar-refractivity contribution is -0.0498. The molecular formula is C14H12F2N2O3. The topological polar surface area (TPSA) is 84.6 Å². The first kappa shape index (κ1) is 14.6. The van der Waals surface area contributed by atoms with E-state index < -0.39 is 12.5 Å². The maximum atomic E-state index is 12.1. The number of benzene rings is 2. The number of alkyl halides is 2. The molecule has 0 aliphatic heterocycles. The van der Waals surface area contributed by atoms with Crippen LogP contribution in [0.2, 0.25) is 0 Å². The Hall–Kier alpha value is -2.83. The predicted octanol–water partition coefficient (Wildman–Crippen LogP) is 2.83. The number of nitrogen functional groups attached to an aromatic ring is 1. The highest BCUT2D eigenvalue weighted by Gasteiger charge is 2.11. The molecule has 0 saturated heterocycles. The molecule has 2 aromatic carbocycles. The van der Waals surface area contributed by atoms with Gasteiger partial charge in [-0.2, -0.15) is 8.78 Å². The van der Waals surface area contributed by atoms with Gasteiger partial charge in [-0.15, -0.1) is 0 Å². The van der Waals surface area contributed by atoms with Crippen LogP contribution >= 0.6 is 0 Å². The van der Waals surface area contributed by atoms with E-state index in [-0.39, 0.29) is 22.7 Å². The summed E-state index contributed by atoms with van der Waals surface area (Å²) in [6.07, 6.45) is 0. The van der Waals surface area contributed by atoms with Crippen LogP contribution in [0.25, 0.3) is 0 Å². The molecule has 0 aromatic heterocycles. The quantitative estimate of drug-likeness (QED) is 0.598. The second-order valence-corrected chi connectivity index (χ2v) is 4.13. The number of carbonyl (C=O) groups is 1. The van der Waals surface area contributed by atoms with Crippen molar-refractivity contribution in [2.75, 3.05) is 11.1 Å². The second kappa shape index (κ2) is 6.08. The molecule has 21 heavy (non-hydrogen) atoms. The van der Waals surface area contributed by atoms with Gasteiger partial charge >= 0.3 is 6.61 Å². The lowest BCUT2D eigenvalue weighted by atomic mass is 10.2. The van der Waals surface area contributed by atoms with Gasteiger partial charge in [-0.3, -0.25) is 4.79 Å². The molecule has 0 aliphatic carbocycles. The molecule has 5 nitrogen and oxygen atoms in total. The van der Waals surface area contributed by atoms with Gasteiger partial charge in [0, 0.05) is 11.6 Å². The Morgan fingerprint density at radius 1 is 1.24 bits per heavy atom. The number of amides is 1. The molecule has 2 rings (SSSR count). The summed E-state index contributed by atoms with van der Waals surface area (Å²) in [6, 6.07) is 9.46. The first-order chi connectivity index (χ1) is 9.95. The molecule has 7 heteroatoms. The van der Waals surface area contributed by atoms with E-state index >= 15 is 0 Å². The number of ether oxygens (including phenoxy) is 1. The van der Waals surface area contributed by atoms with Crippen molar-refractivity contribution in [1.82, 2.24) is 0 Å². The average molecular weight is 294 g/mol. The number of halogens is 2. The van der Waals surface area contributed by atoms with Gasteiger partial charge in [-0.25, -0.2) is 0 Å². The van der Waals surface area contributed by atoms with Crippen LogP contribution in [0, 0.1) is 0 Å². The van der Waals surface area contributed by atoms with E-state index in [1.807, 2.05) is 0 Å². The van der Waals surface area contributed by atoms with Crippen molar-refractivity contribution in [3.63, 3.8) is 0 Å². The fourth-order valence-corrected chi connectivity index (χ4v) is 1.67. The van der Waals surface area contributed by atoms with Crippen molar-refractivity contribution in [1.29, 1.82) is 0 Å². The number of phenols is 1. The molecule has 4 N–H and O–H groups in total. The van der Waals surface area contributed by atoms with Crippen LogP contribution in [-0.4, -0.2) is 17.6 Å². The van der Waals surface area contributed by atoms with Crippen LogP contribution in [-0.2, 0) is 0 Å². The Balaban J connectivity index is 2.16. The monoisotopic (exact) mass is 294 g/mol. The molecule has 0 spiro atoms. The molecule has 110 valence electrons. The van der Waals surface area contributed by atoms with E-state index in [4.69, 9.17) is 5.73 Å². The SMILES string of the molecule is Nc1cc(O)ccc1NC(=O)c1cccc(OC(F)F)c1. The molecule has 1 amide bonds. The van der Waals surface area contributed by atoms with E-state index in [0.717, 1.165) is 0 Å². The molecule has 0 aliphatic rings. The first-order valence-electron chi connectivity index (χ1n) is 5.90. The molecular weight excluding hydrogens is 282 g/mol. The second-order valence-electron chi connectivity index (χ2n) is 4.13. The van der Waals surface area contributed by atoms with Crippen LogP contribution in [0.1, 0.15) is 10.4 Å². The van der Waals surface area contributed by atoms with Gasteiger partial charge in [-0.1, -0.05) is 6.07 Å². The molecule has 0 atom stereocenters. The van der Waals surface area contributed by atoms with Crippen molar-refractivity contribution < 1.29 is 23.4 Å². The van der Waals surface area contributed by atoms with Crippen LogP contribution < -0.4 is 15.8 Å². The van der Waals surface area contributed by atoms with Crippen molar-refractivity contribution in [2.24, 2.45) is 0 Å². The standard InChI is InChI=1S/C14H12F2N2O3/c15-14(16)21-10-3-1-2-8(6-10)13(20)18-12-5-4-9(19)7-11(12)17/h1-7,14,19H,17H2,(H,18,20). The van der Waals surface area contributed by atoms with Gasteiger partial charge in [0.2, 0.25) is 0 Å². The van der Waals surface area contributed by atoms with E-state index in [1.165, 1.54) is 42.5 Å². The maximum absolute atomic E-state index is 12.1. The Morgan fingerprint density at radius 2 is 2.00 bits per heavy atom. The Morgan fingerprint density at radius 3 is 2.67 bits per heavy atom. The number of phenolic OH excluding ortho intramolecular Hbond substituents is 1. The minimum absolute atomic E-state index is 0.0298. The summed E-state index contributed by atoms with van der Waals surface area (Å²) < 4.78 is 28.5. The first-order valence-corrected chi connectivity index (χ1v) is 5.90. The fraction of sp³-hybridized carbons (Fsp3) is 0.0714. The number of hydrogen-bond acceptors (Lipinski definition) is 4. The van der Waals surface area contributed by atoms with Crippen LogP contribution in [0.15, 0.2) is 42.5 Å². The van der Waals surface area contributed by atoms with Crippen molar-refractivity contribution in [2.45, 2.75) is 6.61 Å². The third-order valence-electron chi connectivity index (χ3n) is 2.60. The zero-order chi connectivity index (χ0) is 15.4. The maximum Gasteiger partial charge on any atom is 0.387 e. The normalized spacial score (nSPS) is 10.4. The van der Waals surface area contributed by atoms with Crippen LogP contribution in [0.3, 0.4) is 0 Å². The number of nitrogens with one attached hydrogen (secondary N) is 1. The molecule has 0 unspecified atom stereocenters. The van der Waals surface area contributed by atoms with Crippen molar-refractivity contribution in [3.05, 3.63) is 48.0 Å². The van der Waals surface area contributed by atoms with Gasteiger partial charge in [0.15, 0.2) is 0 Å². The minimum Gasteiger partial charge on any atom is -0.508 e. The summed E-state index contributed by atoms with van der Waals surface area (Å²) in [5, 5.41) is 11.7. The molecule has 0 radical (unpaired) electrons. The largest absolute Gasteiger partial charge is 0.508 e. The van der Waals surface area contributed by atoms with Gasteiger partial charge < -0.3 is 20.9 Å². The van der Waals surface area contributed by atoms with Crippen LogP contribution in [0.4, 0.5) is 20.2 Å². The van der Waals surface area contributed by atoms with Gasteiger partial charge in [0.05, 0.1) is 11.4 Å². The Bertz CT molecular complexity index is 662. The van der Waals surface area contributed by atoms with Crippen LogP contribution in [0.5, 0.6) is 11.5 Å². The lowest BCUT2D eigenvalue weighted by Crippen LogP contribution is -2.13. The minimum atomic E-state index is -2.96. The Labute approximate surface area is 119 Å². The van der Waals surface area contributed by atoms with E-state index in [0.29, 0.717) is 5.69 Å². The van der Waals surface area contributed by atoms with E-state index in [1.54, 1.807) is 0 Å². The highest BCUT2D eigenvalue weighted by molar-refractivity contribution is 6.06. The van der Waals surface area contributed by atoms with Crippen molar-refractivity contribution >= 4 is 17.3 Å². The zero-order valence-corrected chi connectivity index (χ0v) is 10.7. The van der Waals surface area contributed by atoms with Gasteiger partial charge in [0.25, 0.3) is 5.91 Å². The van der Waals surface area contributed by atoms with E-state index in [9.17, 15) is 18.7 Å². The summed E-state index contributed by atoms with van der Waals surface area (Å²) in [5.41, 5.74) is 6.27. The van der Waals surface area contributed by atoms with Crippen molar-refractivity contribution in [3.8, 4) is 11.5 Å². The molecule has 0 heterocycles. The molecule has 0 fully saturated rings. The molecule has 0 bridgehead atoms. The third-order valence-corrected chi connectivity index (χ3v) is 2.60. The van der Waals surface area contributed by atoms with Gasteiger partial charge in [-0.05, 0) is 30.3 Å². The number of rotatable bonds is 4. The highest BCUT2D eigenvalue weighted by Crippen LogP contribution is 2.24. The Kier molecular flexibility index (Phi) is 4.22. The molecule has 0 saturated carbocycles. The van der Waals surface area contributed by atoms with E-state index in [2.05, 4.69) is 10.1 Å².